The van der Waals surface area contributed by atoms with Gasteiger partial charge in [0, 0.05) is 26.1 Å². The third-order valence-electron chi connectivity index (χ3n) is 4.79. The quantitative estimate of drug-likeness (QED) is 0.628. The summed E-state index contributed by atoms with van der Waals surface area (Å²) in [5.41, 5.74) is 3.01. The maximum absolute atomic E-state index is 13.2. The number of halogens is 1. The highest BCUT2D eigenvalue weighted by Gasteiger charge is 2.25. The summed E-state index contributed by atoms with van der Waals surface area (Å²) < 4.78 is 13.2. The molecule has 3 rings (SSSR count). The molecule has 1 heterocycles. The summed E-state index contributed by atoms with van der Waals surface area (Å²) in [6.45, 7) is 5.49. The summed E-state index contributed by atoms with van der Waals surface area (Å²) >= 11 is 0. The largest absolute Gasteiger partial charge is 0.392 e. The van der Waals surface area contributed by atoms with Gasteiger partial charge in [0.15, 0.2) is 0 Å². The van der Waals surface area contributed by atoms with Crippen LogP contribution in [0.2, 0.25) is 0 Å². The second-order valence-corrected chi connectivity index (χ2v) is 7.18. The van der Waals surface area contributed by atoms with Gasteiger partial charge in [0.25, 0.3) is 0 Å². The van der Waals surface area contributed by atoms with Crippen LogP contribution in [0.4, 0.5) is 4.39 Å². The van der Waals surface area contributed by atoms with Crippen LogP contribution in [-0.4, -0.2) is 41.0 Å². The second kappa shape index (κ2) is 10.2. The normalized spacial score (nSPS) is 17.2. The van der Waals surface area contributed by atoms with E-state index in [1.807, 2.05) is 36.4 Å². The lowest BCUT2D eigenvalue weighted by Crippen LogP contribution is -2.37. The van der Waals surface area contributed by atoms with E-state index < -0.39 is 6.10 Å². The fraction of sp³-hybridized carbons (Fsp3) is 0.348. The van der Waals surface area contributed by atoms with Gasteiger partial charge in [-0.1, -0.05) is 53.7 Å². The Morgan fingerprint density at radius 2 is 1.96 bits per heavy atom. The molecule has 1 aliphatic heterocycles. The third kappa shape index (κ3) is 6.01. The standard InChI is InChI=1S/C23H27FN2O2/c1-2-3-9-21(27)16-26(15-18-10-12-20(24)13-11-18)17-22-14-23(25-28-22)19-7-5-4-6-8-19/h2,4-8,10-13,21-22,27H,1,3,9,14-17H2/t21-,22+/m0/s1. The molecule has 2 aromatic rings. The Hall–Kier alpha value is -2.50. The Kier molecular flexibility index (Phi) is 7.34. The minimum Gasteiger partial charge on any atom is -0.392 e. The van der Waals surface area contributed by atoms with Gasteiger partial charge in [-0.25, -0.2) is 4.39 Å². The van der Waals surface area contributed by atoms with Crippen LogP contribution in [0.5, 0.6) is 0 Å². The minimum atomic E-state index is -0.450. The van der Waals surface area contributed by atoms with Gasteiger partial charge >= 0.3 is 0 Å². The van der Waals surface area contributed by atoms with E-state index in [0.29, 0.717) is 26.1 Å². The van der Waals surface area contributed by atoms with Crippen LogP contribution in [0.3, 0.4) is 0 Å². The molecule has 0 aliphatic carbocycles. The summed E-state index contributed by atoms with van der Waals surface area (Å²) in [6, 6.07) is 16.5. The number of hydrogen-bond donors (Lipinski definition) is 1. The van der Waals surface area contributed by atoms with Crippen LogP contribution >= 0.6 is 0 Å². The van der Waals surface area contributed by atoms with Crippen molar-refractivity contribution in [2.45, 2.75) is 38.0 Å². The van der Waals surface area contributed by atoms with Crippen molar-refractivity contribution in [3.63, 3.8) is 0 Å². The Bertz CT molecular complexity index is 777. The zero-order valence-corrected chi connectivity index (χ0v) is 16.0. The lowest BCUT2D eigenvalue weighted by molar-refractivity contribution is 0.0308. The van der Waals surface area contributed by atoms with Crippen molar-refractivity contribution in [3.8, 4) is 0 Å². The molecule has 1 aliphatic rings. The highest BCUT2D eigenvalue weighted by Crippen LogP contribution is 2.19. The molecule has 1 N–H and O–H groups in total. The molecule has 0 unspecified atom stereocenters. The maximum atomic E-state index is 13.2. The van der Waals surface area contributed by atoms with Crippen LogP contribution in [-0.2, 0) is 11.4 Å². The molecular formula is C23H27FN2O2. The van der Waals surface area contributed by atoms with E-state index >= 15 is 0 Å². The summed E-state index contributed by atoms with van der Waals surface area (Å²) in [5.74, 6) is -0.249. The monoisotopic (exact) mass is 382 g/mol. The molecule has 28 heavy (non-hydrogen) atoms. The molecule has 0 saturated carbocycles. The zero-order chi connectivity index (χ0) is 19.8. The van der Waals surface area contributed by atoms with Gasteiger partial charge in [-0.15, -0.1) is 6.58 Å². The first-order valence-corrected chi connectivity index (χ1v) is 9.68. The van der Waals surface area contributed by atoms with Crippen molar-refractivity contribution in [1.82, 2.24) is 4.90 Å². The zero-order valence-electron chi connectivity index (χ0n) is 16.0. The van der Waals surface area contributed by atoms with Crippen molar-refractivity contribution < 1.29 is 14.3 Å². The molecule has 0 spiro atoms. The fourth-order valence-corrected chi connectivity index (χ4v) is 3.37. The summed E-state index contributed by atoms with van der Waals surface area (Å²) in [7, 11) is 0. The van der Waals surface area contributed by atoms with Crippen molar-refractivity contribution in [2.24, 2.45) is 5.16 Å². The van der Waals surface area contributed by atoms with Gasteiger partial charge in [0.05, 0.1) is 11.8 Å². The van der Waals surface area contributed by atoms with E-state index in [9.17, 15) is 9.50 Å². The fourth-order valence-electron chi connectivity index (χ4n) is 3.37. The maximum Gasteiger partial charge on any atom is 0.145 e. The summed E-state index contributed by atoms with van der Waals surface area (Å²) in [5, 5.41) is 14.6. The minimum absolute atomic E-state index is 0.0674. The lowest BCUT2D eigenvalue weighted by Gasteiger charge is -2.27. The Balaban J connectivity index is 1.61. The Labute approximate surface area is 165 Å². The Morgan fingerprint density at radius 3 is 2.68 bits per heavy atom. The van der Waals surface area contributed by atoms with E-state index in [-0.39, 0.29) is 11.9 Å². The van der Waals surface area contributed by atoms with Crippen molar-refractivity contribution in [3.05, 3.63) is 84.2 Å². The summed E-state index contributed by atoms with van der Waals surface area (Å²) in [6.07, 6.45) is 3.46. The second-order valence-electron chi connectivity index (χ2n) is 7.18. The average molecular weight is 382 g/mol. The molecule has 0 bridgehead atoms. The van der Waals surface area contributed by atoms with Gasteiger partial charge < -0.3 is 9.94 Å². The van der Waals surface area contributed by atoms with Gasteiger partial charge in [-0.05, 0) is 36.1 Å². The predicted octanol–water partition coefficient (Wildman–Crippen LogP) is 4.15. The van der Waals surface area contributed by atoms with Crippen LogP contribution < -0.4 is 0 Å². The SMILES string of the molecule is C=CCC[C@H](O)CN(Cc1ccc(F)cc1)C[C@H]1CC(c2ccccc2)=NO1. The van der Waals surface area contributed by atoms with Crippen molar-refractivity contribution in [2.75, 3.05) is 13.1 Å². The van der Waals surface area contributed by atoms with E-state index in [0.717, 1.165) is 29.7 Å². The van der Waals surface area contributed by atoms with E-state index in [4.69, 9.17) is 4.84 Å². The first-order valence-electron chi connectivity index (χ1n) is 9.68. The molecule has 5 heteroatoms. The molecule has 0 aromatic heterocycles. The smallest absolute Gasteiger partial charge is 0.145 e. The van der Waals surface area contributed by atoms with E-state index in [2.05, 4.69) is 16.6 Å². The molecule has 2 atom stereocenters. The van der Waals surface area contributed by atoms with Crippen LogP contribution in [0.15, 0.2) is 72.4 Å². The molecule has 0 fully saturated rings. The average Bonchev–Trinajstić information content (AvgIpc) is 3.17. The highest BCUT2D eigenvalue weighted by atomic mass is 19.1. The van der Waals surface area contributed by atoms with Crippen molar-refractivity contribution >= 4 is 5.71 Å². The summed E-state index contributed by atoms with van der Waals surface area (Å²) in [4.78, 5) is 7.81. The number of hydrogen-bond acceptors (Lipinski definition) is 4. The topological polar surface area (TPSA) is 45.1 Å². The number of allylic oxidation sites excluding steroid dienone is 1. The lowest BCUT2D eigenvalue weighted by atomic mass is 10.0. The van der Waals surface area contributed by atoms with E-state index in [1.54, 1.807) is 12.1 Å². The predicted molar refractivity (Wildman–Crippen MR) is 110 cm³/mol. The van der Waals surface area contributed by atoms with Gasteiger partial charge in [0.2, 0.25) is 0 Å². The number of rotatable bonds is 10. The number of aliphatic hydroxyl groups excluding tert-OH is 1. The molecular weight excluding hydrogens is 355 g/mol. The van der Waals surface area contributed by atoms with Crippen LogP contribution in [0.1, 0.15) is 30.4 Å². The van der Waals surface area contributed by atoms with Crippen LogP contribution in [0, 0.1) is 5.82 Å². The molecule has 4 nitrogen and oxygen atoms in total. The number of aliphatic hydroxyl groups is 1. The Morgan fingerprint density at radius 1 is 1.21 bits per heavy atom. The number of benzene rings is 2. The number of oxime groups is 1. The molecule has 0 amide bonds. The van der Waals surface area contributed by atoms with Crippen LogP contribution in [0.25, 0.3) is 0 Å². The van der Waals surface area contributed by atoms with Gasteiger partial charge in [0.1, 0.15) is 11.9 Å². The first-order chi connectivity index (χ1) is 13.6. The molecule has 0 saturated heterocycles. The highest BCUT2D eigenvalue weighted by molar-refractivity contribution is 6.01. The third-order valence-corrected chi connectivity index (χ3v) is 4.79. The molecule has 0 radical (unpaired) electrons. The number of nitrogens with zero attached hydrogens (tertiary/aromatic N) is 2. The first kappa shape index (κ1) is 20.2. The van der Waals surface area contributed by atoms with Gasteiger partial charge in [-0.3, -0.25) is 4.90 Å². The van der Waals surface area contributed by atoms with Crippen molar-refractivity contribution in [1.29, 1.82) is 0 Å². The molecule has 2 aromatic carbocycles. The molecule has 148 valence electrons. The van der Waals surface area contributed by atoms with E-state index in [1.165, 1.54) is 12.1 Å². The van der Waals surface area contributed by atoms with Gasteiger partial charge in [-0.2, -0.15) is 0 Å².